The lowest BCUT2D eigenvalue weighted by Crippen LogP contribution is -2.29. The fraction of sp³-hybridized carbons (Fsp3) is 0.500. The molecule has 0 aliphatic rings. The van der Waals surface area contributed by atoms with Crippen molar-refractivity contribution in [1.29, 1.82) is 0 Å². The lowest BCUT2D eigenvalue weighted by molar-refractivity contribution is -0.136. The summed E-state index contributed by atoms with van der Waals surface area (Å²) in [5.41, 5.74) is 0.871. The molecule has 0 saturated heterocycles. The van der Waals surface area contributed by atoms with Crippen LogP contribution in [0.2, 0.25) is 5.02 Å². The molecule has 0 bridgehead atoms. The molecule has 17 heavy (non-hydrogen) atoms. The second-order valence-corrected chi connectivity index (χ2v) is 4.34. The molecule has 1 nitrogen and oxygen atoms in total. The van der Waals surface area contributed by atoms with Crippen LogP contribution in [0.3, 0.4) is 0 Å². The predicted octanol–water partition coefficient (Wildman–Crippen LogP) is 3.81. The van der Waals surface area contributed by atoms with Gasteiger partial charge in [0.05, 0.1) is 0 Å². The zero-order valence-electron chi connectivity index (χ0n) is 9.52. The van der Waals surface area contributed by atoms with E-state index in [1.165, 1.54) is 0 Å². The van der Waals surface area contributed by atoms with Gasteiger partial charge in [-0.1, -0.05) is 29.8 Å². The quantitative estimate of drug-likeness (QED) is 0.854. The Labute approximate surface area is 104 Å². The number of hydrogen-bond acceptors (Lipinski definition) is 1. The second-order valence-electron chi connectivity index (χ2n) is 3.93. The molecular formula is C12H15ClF3N. The van der Waals surface area contributed by atoms with Crippen LogP contribution >= 0.6 is 11.6 Å². The van der Waals surface area contributed by atoms with E-state index in [4.69, 9.17) is 11.6 Å². The first kappa shape index (κ1) is 14.3. The Balaban J connectivity index is 2.56. The Morgan fingerprint density at radius 1 is 1.29 bits per heavy atom. The van der Waals surface area contributed by atoms with Crippen molar-refractivity contribution in [2.75, 3.05) is 7.05 Å². The highest BCUT2D eigenvalue weighted by Gasteiger charge is 2.28. The van der Waals surface area contributed by atoms with Gasteiger partial charge in [0.25, 0.3) is 0 Å². The Kier molecular flexibility index (Phi) is 5.28. The zero-order chi connectivity index (χ0) is 12.9. The molecular weight excluding hydrogens is 251 g/mol. The number of alkyl halides is 3. The maximum Gasteiger partial charge on any atom is 0.389 e. The first-order valence-electron chi connectivity index (χ1n) is 5.40. The normalized spacial score (nSPS) is 13.7. The number of nitrogens with one attached hydrogen (secondary N) is 1. The summed E-state index contributed by atoms with van der Waals surface area (Å²) < 4.78 is 36.3. The molecule has 0 spiro atoms. The molecule has 0 aliphatic heterocycles. The topological polar surface area (TPSA) is 12.0 Å². The molecule has 0 saturated carbocycles. The summed E-state index contributed by atoms with van der Waals surface area (Å²) in [5, 5.41) is 3.49. The lowest BCUT2D eigenvalue weighted by Gasteiger charge is -2.17. The Morgan fingerprint density at radius 3 is 2.47 bits per heavy atom. The maximum absolute atomic E-state index is 12.1. The maximum atomic E-state index is 12.1. The summed E-state index contributed by atoms with van der Waals surface area (Å²) in [5.74, 6) is 0. The van der Waals surface area contributed by atoms with Crippen molar-refractivity contribution in [2.24, 2.45) is 0 Å². The van der Waals surface area contributed by atoms with Crippen LogP contribution in [0.5, 0.6) is 0 Å². The summed E-state index contributed by atoms with van der Waals surface area (Å²) in [6, 6.07) is 7.00. The molecule has 0 amide bonds. The third-order valence-corrected chi connectivity index (χ3v) is 2.98. The zero-order valence-corrected chi connectivity index (χ0v) is 10.3. The largest absolute Gasteiger partial charge is 0.389 e. The van der Waals surface area contributed by atoms with E-state index in [1.807, 2.05) is 12.1 Å². The molecule has 0 heterocycles. The molecule has 1 aromatic rings. The summed E-state index contributed by atoms with van der Waals surface area (Å²) >= 11 is 5.97. The van der Waals surface area contributed by atoms with E-state index in [2.05, 4.69) is 5.32 Å². The van der Waals surface area contributed by atoms with Crippen molar-refractivity contribution in [3.05, 3.63) is 34.9 Å². The summed E-state index contributed by atoms with van der Waals surface area (Å²) in [4.78, 5) is 0. The number of likely N-dealkylation sites (N-methyl/N-ethyl adjacent to an activating group) is 1. The van der Waals surface area contributed by atoms with Gasteiger partial charge in [0.1, 0.15) is 0 Å². The van der Waals surface area contributed by atoms with E-state index in [9.17, 15) is 13.2 Å². The Hall–Kier alpha value is -0.740. The molecule has 0 aromatic heterocycles. The number of halogens is 4. The van der Waals surface area contributed by atoms with E-state index >= 15 is 0 Å². The van der Waals surface area contributed by atoms with Crippen LogP contribution in [0.4, 0.5) is 13.2 Å². The van der Waals surface area contributed by atoms with E-state index in [-0.39, 0.29) is 12.5 Å². The van der Waals surface area contributed by atoms with Crippen molar-refractivity contribution in [2.45, 2.75) is 31.5 Å². The molecule has 0 radical (unpaired) electrons. The molecule has 96 valence electrons. The van der Waals surface area contributed by atoms with Crippen molar-refractivity contribution in [1.82, 2.24) is 5.32 Å². The molecule has 1 atom stereocenters. The highest BCUT2D eigenvalue weighted by atomic mass is 35.5. The van der Waals surface area contributed by atoms with Crippen LogP contribution < -0.4 is 5.32 Å². The van der Waals surface area contributed by atoms with Crippen LogP contribution in [-0.4, -0.2) is 19.3 Å². The molecule has 1 rings (SSSR count). The van der Waals surface area contributed by atoms with Crippen molar-refractivity contribution in [3.63, 3.8) is 0 Å². The van der Waals surface area contributed by atoms with Crippen molar-refractivity contribution >= 4 is 11.6 Å². The van der Waals surface area contributed by atoms with Gasteiger partial charge in [-0.05, 0) is 31.5 Å². The van der Waals surface area contributed by atoms with Gasteiger partial charge in [0.15, 0.2) is 0 Å². The number of hydrogen-bond donors (Lipinski definition) is 1. The monoisotopic (exact) mass is 265 g/mol. The van der Waals surface area contributed by atoms with E-state index < -0.39 is 12.6 Å². The van der Waals surface area contributed by atoms with Gasteiger partial charge in [0.2, 0.25) is 0 Å². The fourth-order valence-electron chi connectivity index (χ4n) is 1.62. The molecule has 1 unspecified atom stereocenters. The SMILES string of the molecule is CNC(CCC(F)(F)F)Cc1ccccc1Cl. The van der Waals surface area contributed by atoms with E-state index in [1.54, 1.807) is 19.2 Å². The summed E-state index contributed by atoms with van der Waals surface area (Å²) in [6.45, 7) is 0. The van der Waals surface area contributed by atoms with Crippen LogP contribution in [0.1, 0.15) is 18.4 Å². The van der Waals surface area contributed by atoms with Gasteiger partial charge in [-0.25, -0.2) is 0 Å². The van der Waals surface area contributed by atoms with Crippen molar-refractivity contribution in [3.8, 4) is 0 Å². The number of rotatable bonds is 5. The fourth-order valence-corrected chi connectivity index (χ4v) is 1.83. The van der Waals surface area contributed by atoms with Crippen LogP contribution in [0, 0.1) is 0 Å². The third-order valence-electron chi connectivity index (χ3n) is 2.61. The third kappa shape index (κ3) is 5.41. The van der Waals surface area contributed by atoms with Crippen LogP contribution in [-0.2, 0) is 6.42 Å². The average molecular weight is 266 g/mol. The van der Waals surface area contributed by atoms with Gasteiger partial charge in [-0.2, -0.15) is 13.2 Å². The van der Waals surface area contributed by atoms with E-state index in [0.29, 0.717) is 11.4 Å². The standard InChI is InChI=1S/C12H15ClF3N/c1-17-10(6-7-12(14,15)16)8-9-4-2-3-5-11(9)13/h2-5,10,17H,6-8H2,1H3. The van der Waals surface area contributed by atoms with Gasteiger partial charge in [-0.3, -0.25) is 0 Å². The highest BCUT2D eigenvalue weighted by molar-refractivity contribution is 6.31. The summed E-state index contributed by atoms with van der Waals surface area (Å²) in [7, 11) is 1.66. The molecule has 5 heteroatoms. The van der Waals surface area contributed by atoms with Crippen LogP contribution in [0.15, 0.2) is 24.3 Å². The predicted molar refractivity (Wildman–Crippen MR) is 63.3 cm³/mol. The first-order chi connectivity index (χ1) is 7.92. The Bertz CT molecular complexity index is 352. The first-order valence-corrected chi connectivity index (χ1v) is 5.77. The van der Waals surface area contributed by atoms with E-state index in [0.717, 1.165) is 5.56 Å². The minimum absolute atomic E-state index is 0.0607. The second kappa shape index (κ2) is 6.26. The van der Waals surface area contributed by atoms with Gasteiger partial charge in [-0.15, -0.1) is 0 Å². The van der Waals surface area contributed by atoms with Gasteiger partial charge in [0, 0.05) is 17.5 Å². The average Bonchev–Trinajstić information content (AvgIpc) is 2.25. The van der Waals surface area contributed by atoms with Crippen LogP contribution in [0.25, 0.3) is 0 Å². The molecule has 0 aliphatic carbocycles. The van der Waals surface area contributed by atoms with Gasteiger partial charge >= 0.3 is 6.18 Å². The minimum atomic E-state index is -4.10. The smallest absolute Gasteiger partial charge is 0.317 e. The molecule has 1 aromatic carbocycles. The molecule has 0 fully saturated rings. The number of benzene rings is 1. The van der Waals surface area contributed by atoms with Gasteiger partial charge < -0.3 is 5.32 Å². The van der Waals surface area contributed by atoms with Crippen molar-refractivity contribution < 1.29 is 13.2 Å². The Morgan fingerprint density at radius 2 is 1.94 bits per heavy atom. The highest BCUT2D eigenvalue weighted by Crippen LogP contribution is 2.24. The lowest BCUT2D eigenvalue weighted by atomic mass is 10.0. The molecule has 1 N–H and O–H groups in total. The summed E-state index contributed by atoms with van der Waals surface area (Å²) in [6.07, 6.45) is -4.31. The minimum Gasteiger partial charge on any atom is -0.317 e.